The lowest BCUT2D eigenvalue weighted by atomic mass is 9.72. The van der Waals surface area contributed by atoms with E-state index in [1.807, 2.05) is 0 Å². The molecule has 1 saturated carbocycles. The van der Waals surface area contributed by atoms with E-state index >= 15 is 0 Å². The van der Waals surface area contributed by atoms with Gasteiger partial charge in [-0.3, -0.25) is 4.79 Å². The number of nitrogens with zero attached hydrogens (tertiary/aromatic N) is 2. The topological polar surface area (TPSA) is 32.8 Å². The molecule has 0 aromatic heterocycles. The average molecular weight is 335 g/mol. The quantitative estimate of drug-likeness (QED) is 0.795. The van der Waals surface area contributed by atoms with Crippen LogP contribution in [-0.2, 0) is 9.53 Å². The molecule has 4 heteroatoms. The Balaban J connectivity index is 1.30. The molecule has 4 fully saturated rings. The standard InChI is InChI=1S/C20H34N2O2/c23-19(17-5-1-2-6-17)22-11-4-8-20(16-22)9-12-21(13-10-20)15-18-7-3-14-24-18/h17-18H,1-16H2. The first-order valence-corrected chi connectivity index (χ1v) is 10.4. The molecule has 0 N–H and O–H groups in total. The van der Waals surface area contributed by atoms with Crippen LogP contribution in [-0.4, -0.2) is 61.1 Å². The van der Waals surface area contributed by atoms with E-state index in [0.29, 0.717) is 23.3 Å². The first-order valence-electron chi connectivity index (χ1n) is 10.4. The van der Waals surface area contributed by atoms with Crippen molar-refractivity contribution in [3.05, 3.63) is 0 Å². The maximum atomic E-state index is 12.8. The van der Waals surface area contributed by atoms with Crippen molar-refractivity contribution in [1.82, 2.24) is 9.80 Å². The molecule has 0 aromatic carbocycles. The van der Waals surface area contributed by atoms with Crippen LogP contribution in [0.15, 0.2) is 0 Å². The zero-order valence-corrected chi connectivity index (χ0v) is 15.2. The minimum Gasteiger partial charge on any atom is -0.377 e. The number of carbonyl (C=O) groups excluding carboxylic acids is 1. The van der Waals surface area contributed by atoms with Crippen molar-refractivity contribution in [2.24, 2.45) is 11.3 Å². The van der Waals surface area contributed by atoms with Crippen LogP contribution in [0.3, 0.4) is 0 Å². The summed E-state index contributed by atoms with van der Waals surface area (Å²) in [6, 6.07) is 0. The van der Waals surface area contributed by atoms with Gasteiger partial charge in [-0.1, -0.05) is 12.8 Å². The second-order valence-corrected chi connectivity index (χ2v) is 8.78. The minimum atomic E-state index is 0.347. The van der Waals surface area contributed by atoms with E-state index < -0.39 is 0 Å². The summed E-state index contributed by atoms with van der Waals surface area (Å²) in [5.74, 6) is 0.827. The molecule has 1 spiro atoms. The molecule has 0 bridgehead atoms. The fourth-order valence-corrected chi connectivity index (χ4v) is 5.52. The average Bonchev–Trinajstić information content (AvgIpc) is 3.30. The fraction of sp³-hybridized carbons (Fsp3) is 0.950. The van der Waals surface area contributed by atoms with Gasteiger partial charge >= 0.3 is 0 Å². The van der Waals surface area contributed by atoms with Crippen molar-refractivity contribution in [2.75, 3.05) is 39.3 Å². The Morgan fingerprint density at radius 1 is 0.958 bits per heavy atom. The third kappa shape index (κ3) is 3.65. The number of ether oxygens (including phenoxy) is 1. The van der Waals surface area contributed by atoms with Crippen molar-refractivity contribution in [3.8, 4) is 0 Å². The van der Waals surface area contributed by atoms with Gasteiger partial charge in [0.25, 0.3) is 0 Å². The zero-order valence-electron chi connectivity index (χ0n) is 15.2. The van der Waals surface area contributed by atoms with Gasteiger partial charge in [-0.25, -0.2) is 0 Å². The number of hydrogen-bond donors (Lipinski definition) is 0. The van der Waals surface area contributed by atoms with Crippen molar-refractivity contribution < 1.29 is 9.53 Å². The number of piperidine rings is 2. The summed E-state index contributed by atoms with van der Waals surface area (Å²) in [6.45, 7) is 6.53. The first kappa shape index (κ1) is 16.8. The highest BCUT2D eigenvalue weighted by Crippen LogP contribution is 2.41. The second-order valence-electron chi connectivity index (χ2n) is 8.78. The van der Waals surface area contributed by atoms with E-state index in [0.717, 1.165) is 39.1 Å². The minimum absolute atomic E-state index is 0.347. The third-order valence-electron chi connectivity index (χ3n) is 7.08. The number of amides is 1. The van der Waals surface area contributed by atoms with Crippen LogP contribution in [0.1, 0.15) is 64.2 Å². The SMILES string of the molecule is O=C(C1CCCC1)N1CCCC2(CCN(CC3CCCO3)CC2)C1. The van der Waals surface area contributed by atoms with E-state index in [2.05, 4.69) is 9.80 Å². The number of carbonyl (C=O) groups is 1. The van der Waals surface area contributed by atoms with E-state index in [9.17, 15) is 4.79 Å². The molecule has 4 aliphatic rings. The fourth-order valence-electron chi connectivity index (χ4n) is 5.52. The Kier molecular flexibility index (Phi) is 5.14. The number of hydrogen-bond acceptors (Lipinski definition) is 3. The highest BCUT2D eigenvalue weighted by atomic mass is 16.5. The molecule has 24 heavy (non-hydrogen) atoms. The van der Waals surface area contributed by atoms with E-state index in [1.165, 1.54) is 64.5 Å². The molecule has 0 aromatic rings. The molecule has 4 rings (SSSR count). The first-order chi connectivity index (χ1) is 11.7. The lowest BCUT2D eigenvalue weighted by Crippen LogP contribution is -2.52. The summed E-state index contributed by atoms with van der Waals surface area (Å²) in [7, 11) is 0. The summed E-state index contributed by atoms with van der Waals surface area (Å²) < 4.78 is 5.80. The Labute approximate surface area is 146 Å². The molecule has 3 heterocycles. The van der Waals surface area contributed by atoms with Crippen LogP contribution in [0, 0.1) is 11.3 Å². The molecule has 1 amide bonds. The van der Waals surface area contributed by atoms with E-state index in [1.54, 1.807) is 0 Å². The summed E-state index contributed by atoms with van der Waals surface area (Å²) >= 11 is 0. The molecular formula is C20H34N2O2. The van der Waals surface area contributed by atoms with Crippen molar-refractivity contribution in [1.29, 1.82) is 0 Å². The molecular weight excluding hydrogens is 300 g/mol. The third-order valence-corrected chi connectivity index (χ3v) is 7.08. The largest absolute Gasteiger partial charge is 0.377 e. The van der Waals surface area contributed by atoms with Crippen molar-refractivity contribution >= 4 is 5.91 Å². The maximum absolute atomic E-state index is 12.8. The summed E-state index contributed by atoms with van der Waals surface area (Å²) in [5.41, 5.74) is 0.416. The lowest BCUT2D eigenvalue weighted by Gasteiger charge is -2.48. The van der Waals surface area contributed by atoms with Gasteiger partial charge in [0.2, 0.25) is 5.91 Å². The Hall–Kier alpha value is -0.610. The monoisotopic (exact) mass is 334 g/mol. The Morgan fingerprint density at radius 2 is 1.75 bits per heavy atom. The van der Waals surface area contributed by atoms with Crippen molar-refractivity contribution in [3.63, 3.8) is 0 Å². The predicted octanol–water partition coefficient (Wildman–Crippen LogP) is 3.06. The van der Waals surface area contributed by atoms with Gasteiger partial charge in [-0.05, 0) is 69.9 Å². The number of likely N-dealkylation sites (tertiary alicyclic amines) is 2. The summed E-state index contributed by atoms with van der Waals surface area (Å²) in [4.78, 5) is 17.7. The van der Waals surface area contributed by atoms with E-state index in [-0.39, 0.29) is 0 Å². The van der Waals surface area contributed by atoms with Crippen LogP contribution in [0.4, 0.5) is 0 Å². The van der Waals surface area contributed by atoms with Crippen molar-refractivity contribution in [2.45, 2.75) is 70.3 Å². The zero-order chi connectivity index (χ0) is 16.4. The molecule has 136 valence electrons. The van der Waals surface area contributed by atoms with Gasteiger partial charge in [-0.15, -0.1) is 0 Å². The molecule has 4 nitrogen and oxygen atoms in total. The van der Waals surface area contributed by atoms with Gasteiger partial charge in [0, 0.05) is 32.2 Å². The van der Waals surface area contributed by atoms with Gasteiger partial charge in [0.05, 0.1) is 6.10 Å². The summed E-state index contributed by atoms with van der Waals surface area (Å²) in [5, 5.41) is 0. The normalized spacial score (nSPS) is 31.8. The Bertz CT molecular complexity index is 433. The second kappa shape index (κ2) is 7.33. The lowest BCUT2D eigenvalue weighted by molar-refractivity contribution is -0.140. The maximum Gasteiger partial charge on any atom is 0.225 e. The van der Waals surface area contributed by atoms with Crippen LogP contribution in [0.5, 0.6) is 0 Å². The number of rotatable bonds is 3. The highest BCUT2D eigenvalue weighted by Gasteiger charge is 2.41. The summed E-state index contributed by atoms with van der Waals surface area (Å²) in [6.07, 6.45) is 12.8. The smallest absolute Gasteiger partial charge is 0.225 e. The van der Waals surface area contributed by atoms with E-state index in [4.69, 9.17) is 4.74 Å². The molecule has 1 atom stereocenters. The van der Waals surface area contributed by atoms with Gasteiger partial charge in [-0.2, -0.15) is 0 Å². The van der Waals surface area contributed by atoms with Gasteiger partial charge < -0.3 is 14.5 Å². The van der Waals surface area contributed by atoms with Crippen LogP contribution >= 0.6 is 0 Å². The molecule has 1 unspecified atom stereocenters. The van der Waals surface area contributed by atoms with Gasteiger partial charge in [0.15, 0.2) is 0 Å². The van der Waals surface area contributed by atoms with Gasteiger partial charge in [0.1, 0.15) is 0 Å². The highest BCUT2D eigenvalue weighted by molar-refractivity contribution is 5.79. The predicted molar refractivity (Wildman–Crippen MR) is 94.9 cm³/mol. The van der Waals surface area contributed by atoms with Crippen LogP contribution in [0.25, 0.3) is 0 Å². The molecule has 0 radical (unpaired) electrons. The van der Waals surface area contributed by atoms with Crippen LogP contribution in [0.2, 0.25) is 0 Å². The molecule has 3 aliphatic heterocycles. The Morgan fingerprint density at radius 3 is 2.46 bits per heavy atom. The van der Waals surface area contributed by atoms with Crippen LogP contribution < -0.4 is 0 Å². The molecule has 1 aliphatic carbocycles. The molecule has 3 saturated heterocycles.